The Kier molecular flexibility index (Phi) is 6.13. The molecule has 38 heavy (non-hydrogen) atoms. The number of carbonyl (C=O) groups is 3. The number of hydrogen-bond donors (Lipinski definition) is 2. The molecular formula is C25H21F3N6O4. The standard InChI is InChI=1S/C25H21F3N6O4/c1-13(2)17-9-16(6-7-18(17)38-23-21-22(30-12-31-23)32-19(35)10-29-21)34-20(36)11-33(24(34)37)15-5-3-4-14(8-15)25(26,27)28/h3-9,12-13,29H,10-11H2,1-2H3,(H,30,31,32,35). The molecular weight excluding hydrogens is 505 g/mol. The van der Waals surface area contributed by atoms with E-state index in [2.05, 4.69) is 20.6 Å². The number of nitrogens with one attached hydrogen (secondary N) is 2. The van der Waals surface area contributed by atoms with E-state index in [4.69, 9.17) is 4.74 Å². The summed E-state index contributed by atoms with van der Waals surface area (Å²) in [5.41, 5.74) is 0.358. The van der Waals surface area contributed by atoms with Gasteiger partial charge in [0.2, 0.25) is 11.8 Å². The molecule has 2 aromatic carbocycles. The Morgan fingerprint density at radius 3 is 2.55 bits per heavy atom. The monoisotopic (exact) mass is 526 g/mol. The topological polar surface area (TPSA) is 117 Å². The van der Waals surface area contributed by atoms with E-state index in [1.165, 1.54) is 24.5 Å². The number of rotatable bonds is 5. The van der Waals surface area contributed by atoms with Crippen LogP contribution in [0.2, 0.25) is 0 Å². The predicted octanol–water partition coefficient (Wildman–Crippen LogP) is 4.75. The van der Waals surface area contributed by atoms with Gasteiger partial charge < -0.3 is 15.4 Å². The number of anilines is 4. The first-order valence-corrected chi connectivity index (χ1v) is 11.5. The molecule has 2 aliphatic heterocycles. The molecule has 4 amide bonds. The van der Waals surface area contributed by atoms with Crippen LogP contribution in [0.3, 0.4) is 0 Å². The zero-order valence-corrected chi connectivity index (χ0v) is 20.2. The van der Waals surface area contributed by atoms with Crippen molar-refractivity contribution in [1.29, 1.82) is 0 Å². The molecule has 0 atom stereocenters. The van der Waals surface area contributed by atoms with E-state index in [0.717, 1.165) is 21.9 Å². The Hall–Kier alpha value is -4.68. The third-order valence-corrected chi connectivity index (χ3v) is 6.03. The van der Waals surface area contributed by atoms with Gasteiger partial charge in [-0.3, -0.25) is 14.5 Å². The molecule has 2 aliphatic rings. The number of amides is 4. The fourth-order valence-corrected chi connectivity index (χ4v) is 4.18. The van der Waals surface area contributed by atoms with Gasteiger partial charge in [0, 0.05) is 5.69 Å². The maximum atomic E-state index is 13.2. The smallest absolute Gasteiger partial charge is 0.416 e. The van der Waals surface area contributed by atoms with Crippen LogP contribution in [0.4, 0.5) is 40.8 Å². The van der Waals surface area contributed by atoms with Crippen LogP contribution < -0.4 is 25.2 Å². The van der Waals surface area contributed by atoms with Gasteiger partial charge in [-0.15, -0.1) is 0 Å². The van der Waals surface area contributed by atoms with E-state index in [1.807, 2.05) is 13.8 Å². The van der Waals surface area contributed by atoms with E-state index in [9.17, 15) is 27.6 Å². The van der Waals surface area contributed by atoms with Crippen LogP contribution in [0.5, 0.6) is 11.6 Å². The Morgan fingerprint density at radius 2 is 1.82 bits per heavy atom. The molecule has 13 heteroatoms. The summed E-state index contributed by atoms with van der Waals surface area (Å²) in [5, 5.41) is 5.54. The van der Waals surface area contributed by atoms with E-state index >= 15 is 0 Å². The number of alkyl halides is 3. The van der Waals surface area contributed by atoms with Crippen molar-refractivity contribution in [2.75, 3.05) is 33.5 Å². The van der Waals surface area contributed by atoms with Crippen molar-refractivity contribution >= 4 is 40.7 Å². The summed E-state index contributed by atoms with van der Waals surface area (Å²) in [4.78, 5) is 47.8. The van der Waals surface area contributed by atoms with Gasteiger partial charge in [-0.1, -0.05) is 19.9 Å². The largest absolute Gasteiger partial charge is 0.437 e. The average molecular weight is 526 g/mol. The van der Waals surface area contributed by atoms with Gasteiger partial charge in [0.1, 0.15) is 24.3 Å². The highest BCUT2D eigenvalue weighted by Gasteiger charge is 2.39. The number of ether oxygens (including phenoxy) is 1. The molecule has 0 radical (unpaired) electrons. The van der Waals surface area contributed by atoms with Crippen molar-refractivity contribution in [2.45, 2.75) is 25.9 Å². The number of imide groups is 1. The summed E-state index contributed by atoms with van der Waals surface area (Å²) in [7, 11) is 0. The summed E-state index contributed by atoms with van der Waals surface area (Å²) in [6, 6.07) is 8.21. The zero-order chi connectivity index (χ0) is 27.2. The lowest BCUT2D eigenvalue weighted by molar-refractivity contribution is -0.137. The molecule has 5 rings (SSSR count). The van der Waals surface area contributed by atoms with E-state index in [1.54, 1.807) is 12.1 Å². The van der Waals surface area contributed by atoms with Crippen LogP contribution in [0.25, 0.3) is 0 Å². The van der Waals surface area contributed by atoms with E-state index in [-0.39, 0.29) is 41.4 Å². The summed E-state index contributed by atoms with van der Waals surface area (Å²) in [6.07, 6.45) is -3.34. The van der Waals surface area contributed by atoms with E-state index in [0.29, 0.717) is 17.0 Å². The van der Waals surface area contributed by atoms with Gasteiger partial charge in [0.05, 0.1) is 17.8 Å². The lowest BCUT2D eigenvalue weighted by atomic mass is 10.0. The Morgan fingerprint density at radius 1 is 1.03 bits per heavy atom. The van der Waals surface area contributed by atoms with Crippen molar-refractivity contribution in [3.63, 3.8) is 0 Å². The predicted molar refractivity (Wildman–Crippen MR) is 131 cm³/mol. The van der Waals surface area contributed by atoms with Gasteiger partial charge in [0.25, 0.3) is 5.91 Å². The second-order valence-corrected chi connectivity index (χ2v) is 8.93. The first kappa shape index (κ1) is 25.0. The molecule has 1 saturated heterocycles. The van der Waals surface area contributed by atoms with Crippen LogP contribution in [0.15, 0.2) is 48.8 Å². The van der Waals surface area contributed by atoms with Gasteiger partial charge in [0.15, 0.2) is 5.82 Å². The number of hydrogen-bond acceptors (Lipinski definition) is 7. The molecule has 0 aliphatic carbocycles. The molecule has 0 bridgehead atoms. The van der Waals surface area contributed by atoms with Gasteiger partial charge in [-0.25, -0.2) is 14.7 Å². The second kappa shape index (κ2) is 9.32. The minimum absolute atomic E-state index is 0.0221. The minimum Gasteiger partial charge on any atom is -0.437 e. The van der Waals surface area contributed by atoms with E-state index < -0.39 is 30.2 Å². The quantitative estimate of drug-likeness (QED) is 0.461. The molecule has 1 fully saturated rings. The maximum absolute atomic E-state index is 13.2. The molecule has 0 saturated carbocycles. The lowest BCUT2D eigenvalue weighted by Gasteiger charge is -2.22. The first-order chi connectivity index (χ1) is 18.0. The highest BCUT2D eigenvalue weighted by Crippen LogP contribution is 2.39. The molecule has 0 spiro atoms. The average Bonchev–Trinajstić information content (AvgIpc) is 3.17. The van der Waals surface area contributed by atoms with Crippen LogP contribution in [0.1, 0.15) is 30.9 Å². The van der Waals surface area contributed by atoms with Crippen LogP contribution in [0, 0.1) is 0 Å². The third-order valence-electron chi connectivity index (χ3n) is 6.03. The molecule has 196 valence electrons. The number of nitrogens with zero attached hydrogens (tertiary/aromatic N) is 4. The summed E-state index contributed by atoms with van der Waals surface area (Å²) in [5.74, 6) is -0.0977. The number of fused-ring (bicyclic) bond motifs is 1. The number of aromatic nitrogens is 2. The lowest BCUT2D eigenvalue weighted by Crippen LogP contribution is -2.33. The fourth-order valence-electron chi connectivity index (χ4n) is 4.18. The number of carbonyl (C=O) groups excluding carboxylic acids is 3. The Labute approximate surface area is 214 Å². The Balaban J connectivity index is 1.44. The molecule has 1 aromatic heterocycles. The van der Waals surface area contributed by atoms with Crippen LogP contribution in [-0.2, 0) is 15.8 Å². The van der Waals surface area contributed by atoms with Crippen molar-refractivity contribution in [2.24, 2.45) is 0 Å². The molecule has 2 N–H and O–H groups in total. The first-order valence-electron chi connectivity index (χ1n) is 11.5. The van der Waals surface area contributed by atoms with Crippen molar-refractivity contribution in [3.05, 3.63) is 59.9 Å². The highest BCUT2D eigenvalue weighted by molar-refractivity contribution is 6.27. The van der Waals surface area contributed by atoms with Gasteiger partial charge in [-0.05, 0) is 47.9 Å². The summed E-state index contributed by atoms with van der Waals surface area (Å²) < 4.78 is 45.6. The van der Waals surface area contributed by atoms with Gasteiger partial charge in [-0.2, -0.15) is 18.2 Å². The second-order valence-electron chi connectivity index (χ2n) is 8.93. The third kappa shape index (κ3) is 4.58. The van der Waals surface area contributed by atoms with Crippen molar-refractivity contribution < 1.29 is 32.3 Å². The normalized spacial score (nSPS) is 15.5. The fraction of sp³-hybridized carbons (Fsp3) is 0.240. The van der Waals surface area contributed by atoms with Gasteiger partial charge >= 0.3 is 12.2 Å². The summed E-state index contributed by atoms with van der Waals surface area (Å²) >= 11 is 0. The SMILES string of the molecule is CC(C)c1cc(N2C(=O)CN(c3cccc(C(F)(F)F)c3)C2=O)ccc1Oc1ncnc2c1NCC(=O)N2. The maximum Gasteiger partial charge on any atom is 0.416 e. The van der Waals surface area contributed by atoms with Crippen molar-refractivity contribution in [3.8, 4) is 11.6 Å². The van der Waals surface area contributed by atoms with Crippen LogP contribution in [-0.4, -0.2) is 40.9 Å². The molecule has 3 aromatic rings. The van der Waals surface area contributed by atoms with Crippen molar-refractivity contribution in [1.82, 2.24) is 9.97 Å². The summed E-state index contributed by atoms with van der Waals surface area (Å²) in [6.45, 7) is 3.40. The Bertz CT molecular complexity index is 1460. The minimum atomic E-state index is -4.59. The van der Waals surface area contributed by atoms with Crippen LogP contribution >= 0.6 is 0 Å². The zero-order valence-electron chi connectivity index (χ0n) is 20.2. The highest BCUT2D eigenvalue weighted by atomic mass is 19.4. The molecule has 0 unspecified atom stereocenters. The number of benzene rings is 2. The molecule has 3 heterocycles. The number of halogens is 3. The molecule has 10 nitrogen and oxygen atoms in total. The number of urea groups is 1.